The highest BCUT2D eigenvalue weighted by molar-refractivity contribution is 5.83. The largest absolute Gasteiger partial charge is 0.471 e. The number of H-pyrrole nitrogens is 1. The number of alkyl halides is 3. The van der Waals surface area contributed by atoms with E-state index in [1.54, 1.807) is 0 Å². The summed E-state index contributed by atoms with van der Waals surface area (Å²) in [6.07, 6.45) is -7.28. The van der Waals surface area contributed by atoms with E-state index < -0.39 is 60.5 Å². The Morgan fingerprint density at radius 2 is 2.12 bits per heavy atom. The Morgan fingerprint density at radius 3 is 2.64 bits per heavy atom. The molecule has 0 aliphatic carbocycles. The molecule has 0 aromatic carbocycles. The fourth-order valence-corrected chi connectivity index (χ4v) is 3.24. The average Bonchev–Trinajstić information content (AvgIpc) is 2.97. The van der Waals surface area contributed by atoms with Gasteiger partial charge in [0.2, 0.25) is 0 Å². The highest BCUT2D eigenvalue weighted by Crippen LogP contribution is 2.47. The number of aromatic nitrogens is 2. The van der Waals surface area contributed by atoms with Crippen LogP contribution in [0.4, 0.5) is 13.2 Å². The third-order valence-electron chi connectivity index (χ3n) is 4.50. The third kappa shape index (κ3) is 2.48. The highest BCUT2D eigenvalue weighted by atomic mass is 19.4. The Kier molecular flexibility index (Phi) is 3.82. The van der Waals surface area contributed by atoms with Crippen LogP contribution in [-0.2, 0) is 9.53 Å². The number of carbonyl (C=O) groups is 1. The number of aliphatic hydroxyl groups is 2. The van der Waals surface area contributed by atoms with Crippen LogP contribution in [0.1, 0.15) is 11.8 Å². The minimum Gasteiger partial charge on any atom is -0.393 e. The Bertz CT molecular complexity index is 834. The maximum absolute atomic E-state index is 12.8. The quantitative estimate of drug-likeness (QED) is 0.570. The summed E-state index contributed by atoms with van der Waals surface area (Å²) < 4.78 is 44.7. The molecule has 4 atom stereocenters. The van der Waals surface area contributed by atoms with Crippen molar-refractivity contribution in [3.63, 3.8) is 0 Å². The molecule has 138 valence electrons. The average molecular weight is 365 g/mol. The number of carbonyl (C=O) groups excluding carboxylic acids is 1. The van der Waals surface area contributed by atoms with E-state index in [-0.39, 0.29) is 5.56 Å². The maximum atomic E-state index is 12.8. The molecule has 0 saturated carbocycles. The summed E-state index contributed by atoms with van der Waals surface area (Å²) >= 11 is 0. The normalized spacial score (nSPS) is 31.6. The summed E-state index contributed by atoms with van der Waals surface area (Å²) in [5, 5.41) is 19.8. The number of hydrogen-bond donors (Lipinski definition) is 3. The lowest BCUT2D eigenvalue weighted by Crippen LogP contribution is -2.54. The fraction of sp³-hybridized carbons (Fsp3) is 0.615. The van der Waals surface area contributed by atoms with E-state index in [1.165, 1.54) is 6.92 Å². The summed E-state index contributed by atoms with van der Waals surface area (Å²) in [5.41, 5.74) is -3.44. The summed E-state index contributed by atoms with van der Waals surface area (Å²) in [4.78, 5) is 37.4. The minimum atomic E-state index is -5.20. The second kappa shape index (κ2) is 5.41. The van der Waals surface area contributed by atoms with Crippen LogP contribution >= 0.6 is 0 Å². The predicted molar refractivity (Wildman–Crippen MR) is 73.6 cm³/mol. The summed E-state index contributed by atoms with van der Waals surface area (Å²) in [7, 11) is 0. The molecule has 2 saturated heterocycles. The highest BCUT2D eigenvalue weighted by Gasteiger charge is 2.67. The maximum Gasteiger partial charge on any atom is 0.471 e. The molecule has 1 amide bonds. The van der Waals surface area contributed by atoms with Crippen LogP contribution in [0.15, 0.2) is 15.8 Å². The topological polar surface area (TPSA) is 125 Å². The number of aromatic amines is 1. The number of aryl methyl sites for hydroxylation is 1. The second-order valence-corrected chi connectivity index (χ2v) is 6.08. The van der Waals surface area contributed by atoms with Gasteiger partial charge in [-0.2, -0.15) is 13.2 Å². The fourth-order valence-electron chi connectivity index (χ4n) is 3.24. The van der Waals surface area contributed by atoms with Gasteiger partial charge in [-0.15, -0.1) is 0 Å². The molecule has 9 nitrogen and oxygen atoms in total. The number of nitrogens with zero attached hydrogens (tertiary/aromatic N) is 2. The van der Waals surface area contributed by atoms with Crippen molar-refractivity contribution in [2.75, 3.05) is 13.2 Å². The van der Waals surface area contributed by atoms with Crippen LogP contribution in [0.5, 0.6) is 0 Å². The molecule has 0 spiro atoms. The molecule has 1 aromatic heterocycles. The van der Waals surface area contributed by atoms with Gasteiger partial charge >= 0.3 is 17.8 Å². The van der Waals surface area contributed by atoms with Crippen molar-refractivity contribution < 1.29 is 32.9 Å². The van der Waals surface area contributed by atoms with E-state index in [1.807, 2.05) is 4.98 Å². The van der Waals surface area contributed by atoms with Gasteiger partial charge in [0.15, 0.2) is 6.23 Å². The second-order valence-electron chi connectivity index (χ2n) is 6.08. The van der Waals surface area contributed by atoms with Crippen molar-refractivity contribution >= 4 is 5.91 Å². The zero-order valence-corrected chi connectivity index (χ0v) is 12.8. The third-order valence-corrected chi connectivity index (χ3v) is 4.50. The van der Waals surface area contributed by atoms with E-state index in [0.717, 1.165) is 10.8 Å². The molecule has 2 bridgehead atoms. The molecule has 2 fully saturated rings. The van der Waals surface area contributed by atoms with E-state index in [0.29, 0.717) is 4.90 Å². The Hall–Kier alpha value is -2.18. The number of aliphatic hydroxyl groups excluding tert-OH is 2. The van der Waals surface area contributed by atoms with Gasteiger partial charge < -0.3 is 19.8 Å². The number of halogens is 3. The van der Waals surface area contributed by atoms with Crippen molar-refractivity contribution in [3.8, 4) is 0 Å². The van der Waals surface area contributed by atoms with Gasteiger partial charge in [-0.25, -0.2) is 4.79 Å². The number of morpholine rings is 1. The van der Waals surface area contributed by atoms with Crippen LogP contribution in [0.2, 0.25) is 0 Å². The minimum absolute atomic E-state index is 0.0761. The monoisotopic (exact) mass is 365 g/mol. The molecule has 0 unspecified atom stereocenters. The van der Waals surface area contributed by atoms with E-state index >= 15 is 0 Å². The summed E-state index contributed by atoms with van der Waals surface area (Å²) in [5.74, 6) is -2.21. The zero-order chi connectivity index (χ0) is 18.7. The lowest BCUT2D eigenvalue weighted by molar-refractivity contribution is -0.202. The van der Waals surface area contributed by atoms with Gasteiger partial charge in [-0.05, 0) is 6.92 Å². The molecular formula is C13H14F3N3O6. The number of fused-ring (bicyclic) bond motifs is 2. The van der Waals surface area contributed by atoms with Crippen LogP contribution in [-0.4, -0.2) is 67.6 Å². The van der Waals surface area contributed by atoms with Crippen molar-refractivity contribution in [2.45, 2.75) is 37.1 Å². The lowest BCUT2D eigenvalue weighted by atomic mass is 10.0. The van der Waals surface area contributed by atoms with Gasteiger partial charge in [-0.3, -0.25) is 19.1 Å². The van der Waals surface area contributed by atoms with E-state index in [9.17, 15) is 37.8 Å². The number of hydrogen-bond acceptors (Lipinski definition) is 6. The Balaban J connectivity index is 2.09. The van der Waals surface area contributed by atoms with E-state index in [4.69, 9.17) is 4.74 Å². The smallest absolute Gasteiger partial charge is 0.393 e. The van der Waals surface area contributed by atoms with Gasteiger partial charge in [0, 0.05) is 11.8 Å². The predicted octanol–water partition coefficient (Wildman–Crippen LogP) is -1.76. The Morgan fingerprint density at radius 1 is 1.48 bits per heavy atom. The van der Waals surface area contributed by atoms with Crippen LogP contribution in [0.25, 0.3) is 0 Å². The molecule has 2 aliphatic heterocycles. The van der Waals surface area contributed by atoms with Crippen molar-refractivity contribution in [1.82, 2.24) is 14.5 Å². The van der Waals surface area contributed by atoms with Gasteiger partial charge in [-0.1, -0.05) is 0 Å². The number of rotatable bonds is 2. The van der Waals surface area contributed by atoms with Crippen LogP contribution < -0.4 is 11.2 Å². The van der Waals surface area contributed by atoms with Crippen LogP contribution in [0, 0.1) is 6.92 Å². The lowest BCUT2D eigenvalue weighted by Gasteiger charge is -2.36. The first-order valence-electron chi connectivity index (χ1n) is 7.18. The number of ether oxygens (including phenoxy) is 1. The Labute approximate surface area is 137 Å². The zero-order valence-electron chi connectivity index (χ0n) is 12.8. The van der Waals surface area contributed by atoms with Crippen molar-refractivity contribution in [1.29, 1.82) is 0 Å². The van der Waals surface area contributed by atoms with Crippen LogP contribution in [0.3, 0.4) is 0 Å². The summed E-state index contributed by atoms with van der Waals surface area (Å²) in [6, 6.07) is -1.55. The summed E-state index contributed by atoms with van der Waals surface area (Å²) in [6.45, 7) is -0.181. The first-order valence-corrected chi connectivity index (χ1v) is 7.18. The van der Waals surface area contributed by atoms with Gasteiger partial charge in [0.25, 0.3) is 5.56 Å². The molecule has 3 heterocycles. The van der Waals surface area contributed by atoms with Crippen molar-refractivity contribution in [3.05, 3.63) is 32.6 Å². The first-order chi connectivity index (χ1) is 11.5. The molecule has 12 heteroatoms. The molecule has 3 rings (SSSR count). The molecule has 0 radical (unpaired) electrons. The number of nitrogens with one attached hydrogen (secondary N) is 1. The standard InChI is InChI=1S/C13H14F3N3O6/c1-5-2-18(11(24)17-8(5)22)9-6-7(21)12(4-20,25-9)3-19(6)10(23)13(14,15)16/h2,6-7,9,20-21H,3-4H2,1H3,(H,17,22,24)/t6-,7+,9+,12-/m0/s1. The molecule has 3 N–H and O–H groups in total. The SMILES string of the molecule is Cc1cn([C@@H]2O[C@]3(CO)CN(C(=O)C(F)(F)F)[C@H]2[C@H]3O)c(=O)[nH]c1=O. The number of amides is 1. The van der Waals surface area contributed by atoms with Gasteiger partial charge in [0.1, 0.15) is 17.7 Å². The van der Waals surface area contributed by atoms with Crippen molar-refractivity contribution in [2.24, 2.45) is 0 Å². The van der Waals surface area contributed by atoms with E-state index in [2.05, 4.69) is 0 Å². The molecular weight excluding hydrogens is 351 g/mol. The molecule has 2 aliphatic rings. The molecule has 1 aromatic rings. The first kappa shape index (κ1) is 17.6. The van der Waals surface area contributed by atoms with Gasteiger partial charge in [0.05, 0.1) is 13.2 Å². The molecule has 25 heavy (non-hydrogen) atoms. The number of likely N-dealkylation sites (tertiary alicyclic amines) is 1.